The molecule has 0 aliphatic carbocycles. The third-order valence-corrected chi connectivity index (χ3v) is 4.08. The molecule has 0 amide bonds. The number of H-pyrrole nitrogens is 1. The Balaban J connectivity index is 2.21. The predicted octanol–water partition coefficient (Wildman–Crippen LogP) is 2.22. The molecule has 0 saturated carbocycles. The minimum absolute atomic E-state index is 0.0740. The first-order valence-electron chi connectivity index (χ1n) is 6.50. The van der Waals surface area contributed by atoms with E-state index in [0.29, 0.717) is 5.92 Å². The molecular weight excluding hydrogens is 224 g/mol. The van der Waals surface area contributed by atoms with Crippen LogP contribution in [0.3, 0.4) is 0 Å². The fourth-order valence-electron chi connectivity index (χ4n) is 2.77. The van der Waals surface area contributed by atoms with Crippen LogP contribution in [0.15, 0.2) is 23.0 Å². The molecule has 3 nitrogen and oxygen atoms in total. The van der Waals surface area contributed by atoms with E-state index in [0.717, 1.165) is 36.0 Å². The molecule has 1 saturated heterocycles. The number of nitrogens with one attached hydrogen (secondary N) is 2. The maximum absolute atomic E-state index is 12.2. The van der Waals surface area contributed by atoms with Gasteiger partial charge >= 0.3 is 0 Å². The van der Waals surface area contributed by atoms with Gasteiger partial charge in [-0.3, -0.25) is 4.79 Å². The Morgan fingerprint density at radius 3 is 2.83 bits per heavy atom. The standard InChI is InChI=1S/C15H18N2O/c1-9-3-4-11-7-13(12-5-6-16-8-12)15(18)17-14(11)10(9)2/h3-4,7,12,16H,5-6,8H2,1-2H3,(H,17,18). The summed E-state index contributed by atoms with van der Waals surface area (Å²) in [6, 6.07) is 6.28. The van der Waals surface area contributed by atoms with Gasteiger partial charge in [-0.2, -0.15) is 0 Å². The average Bonchev–Trinajstić information content (AvgIpc) is 2.88. The third kappa shape index (κ3) is 1.75. The number of aromatic amines is 1. The summed E-state index contributed by atoms with van der Waals surface area (Å²) in [5.74, 6) is 0.361. The number of rotatable bonds is 1. The summed E-state index contributed by atoms with van der Waals surface area (Å²) in [5, 5.41) is 4.45. The van der Waals surface area contributed by atoms with Crippen LogP contribution in [0.2, 0.25) is 0 Å². The molecular formula is C15H18N2O. The van der Waals surface area contributed by atoms with Gasteiger partial charge in [-0.05, 0) is 49.4 Å². The molecule has 3 rings (SSSR count). The van der Waals surface area contributed by atoms with Crippen molar-refractivity contribution in [1.29, 1.82) is 0 Å². The Morgan fingerprint density at radius 1 is 1.28 bits per heavy atom. The maximum Gasteiger partial charge on any atom is 0.251 e. The topological polar surface area (TPSA) is 44.9 Å². The van der Waals surface area contributed by atoms with Crippen LogP contribution in [0.5, 0.6) is 0 Å². The van der Waals surface area contributed by atoms with Crippen LogP contribution in [0, 0.1) is 13.8 Å². The zero-order valence-electron chi connectivity index (χ0n) is 10.8. The van der Waals surface area contributed by atoms with E-state index in [2.05, 4.69) is 42.3 Å². The fraction of sp³-hybridized carbons (Fsp3) is 0.400. The molecule has 3 heteroatoms. The van der Waals surface area contributed by atoms with Gasteiger partial charge < -0.3 is 10.3 Å². The summed E-state index contributed by atoms with van der Waals surface area (Å²) in [6.45, 7) is 6.06. The fourth-order valence-corrected chi connectivity index (χ4v) is 2.77. The normalized spacial score (nSPS) is 19.6. The van der Waals surface area contributed by atoms with Gasteiger partial charge in [0.25, 0.3) is 5.56 Å². The van der Waals surface area contributed by atoms with E-state index in [-0.39, 0.29) is 5.56 Å². The van der Waals surface area contributed by atoms with Crippen molar-refractivity contribution in [2.75, 3.05) is 13.1 Å². The average molecular weight is 242 g/mol. The molecule has 2 aromatic rings. The largest absolute Gasteiger partial charge is 0.321 e. The summed E-state index contributed by atoms with van der Waals surface area (Å²) in [5.41, 5.74) is 4.37. The molecule has 1 aromatic heterocycles. The van der Waals surface area contributed by atoms with Crippen molar-refractivity contribution in [2.24, 2.45) is 0 Å². The molecule has 0 spiro atoms. The Morgan fingerprint density at radius 2 is 2.11 bits per heavy atom. The van der Waals surface area contributed by atoms with Crippen LogP contribution in [0.4, 0.5) is 0 Å². The van der Waals surface area contributed by atoms with E-state index in [4.69, 9.17) is 0 Å². The monoisotopic (exact) mass is 242 g/mol. The van der Waals surface area contributed by atoms with Crippen molar-refractivity contribution in [3.8, 4) is 0 Å². The van der Waals surface area contributed by atoms with Gasteiger partial charge in [0.2, 0.25) is 0 Å². The zero-order valence-corrected chi connectivity index (χ0v) is 10.8. The first kappa shape index (κ1) is 11.5. The minimum Gasteiger partial charge on any atom is -0.321 e. The second-order valence-corrected chi connectivity index (χ2v) is 5.22. The second-order valence-electron chi connectivity index (χ2n) is 5.22. The summed E-state index contributed by atoms with van der Waals surface area (Å²) >= 11 is 0. The summed E-state index contributed by atoms with van der Waals surface area (Å²) in [4.78, 5) is 15.3. The highest BCUT2D eigenvalue weighted by atomic mass is 16.1. The highest BCUT2D eigenvalue weighted by Gasteiger charge is 2.20. The van der Waals surface area contributed by atoms with E-state index < -0.39 is 0 Å². The van der Waals surface area contributed by atoms with Crippen LogP contribution in [0.25, 0.3) is 10.9 Å². The second kappa shape index (κ2) is 4.25. The van der Waals surface area contributed by atoms with E-state index in [1.807, 2.05) is 0 Å². The molecule has 2 N–H and O–H groups in total. The van der Waals surface area contributed by atoms with Gasteiger partial charge in [0, 0.05) is 18.0 Å². The van der Waals surface area contributed by atoms with Gasteiger partial charge in [0.05, 0.1) is 5.52 Å². The van der Waals surface area contributed by atoms with Crippen molar-refractivity contribution < 1.29 is 0 Å². The van der Waals surface area contributed by atoms with E-state index in [1.54, 1.807) is 0 Å². The lowest BCUT2D eigenvalue weighted by atomic mass is 9.97. The lowest BCUT2D eigenvalue weighted by molar-refractivity contribution is 0.753. The summed E-state index contributed by atoms with van der Waals surface area (Å²) < 4.78 is 0. The van der Waals surface area contributed by atoms with Crippen molar-refractivity contribution in [3.63, 3.8) is 0 Å². The molecule has 0 radical (unpaired) electrons. The minimum atomic E-state index is 0.0740. The molecule has 1 aliphatic heterocycles. The molecule has 1 aliphatic rings. The molecule has 94 valence electrons. The summed E-state index contributed by atoms with van der Waals surface area (Å²) in [7, 11) is 0. The lowest BCUT2D eigenvalue weighted by Crippen LogP contribution is -2.18. The summed E-state index contributed by atoms with van der Waals surface area (Å²) in [6.07, 6.45) is 1.05. The molecule has 1 aromatic carbocycles. The first-order valence-corrected chi connectivity index (χ1v) is 6.50. The zero-order chi connectivity index (χ0) is 12.7. The van der Waals surface area contributed by atoms with Gasteiger partial charge in [-0.25, -0.2) is 0 Å². The number of pyridine rings is 1. The van der Waals surface area contributed by atoms with Crippen molar-refractivity contribution >= 4 is 10.9 Å². The number of hydrogen-bond acceptors (Lipinski definition) is 2. The molecule has 1 unspecified atom stereocenters. The molecule has 0 bridgehead atoms. The van der Waals surface area contributed by atoms with Crippen LogP contribution >= 0.6 is 0 Å². The van der Waals surface area contributed by atoms with Crippen molar-refractivity contribution in [2.45, 2.75) is 26.2 Å². The van der Waals surface area contributed by atoms with E-state index in [9.17, 15) is 4.79 Å². The van der Waals surface area contributed by atoms with Crippen molar-refractivity contribution in [1.82, 2.24) is 10.3 Å². The SMILES string of the molecule is Cc1ccc2cc(C3CCNC3)c(=O)[nH]c2c1C. The smallest absolute Gasteiger partial charge is 0.251 e. The number of hydrogen-bond donors (Lipinski definition) is 2. The Bertz CT molecular complexity index is 651. The highest BCUT2D eigenvalue weighted by molar-refractivity contribution is 5.83. The third-order valence-electron chi connectivity index (χ3n) is 4.08. The van der Waals surface area contributed by atoms with Gasteiger partial charge in [0.1, 0.15) is 0 Å². The van der Waals surface area contributed by atoms with Gasteiger partial charge in [-0.15, -0.1) is 0 Å². The Hall–Kier alpha value is -1.61. The predicted molar refractivity (Wildman–Crippen MR) is 74.3 cm³/mol. The van der Waals surface area contributed by atoms with Crippen LogP contribution in [-0.4, -0.2) is 18.1 Å². The molecule has 18 heavy (non-hydrogen) atoms. The Labute approximate surface area is 106 Å². The molecule has 1 fully saturated rings. The van der Waals surface area contributed by atoms with Gasteiger partial charge in [0.15, 0.2) is 0 Å². The number of benzene rings is 1. The number of aromatic nitrogens is 1. The van der Waals surface area contributed by atoms with Crippen LogP contribution in [0.1, 0.15) is 29.0 Å². The van der Waals surface area contributed by atoms with E-state index >= 15 is 0 Å². The lowest BCUT2D eigenvalue weighted by Gasteiger charge is -2.11. The quantitative estimate of drug-likeness (QED) is 0.805. The number of fused-ring (bicyclic) bond motifs is 1. The first-order chi connectivity index (χ1) is 8.66. The Kier molecular flexibility index (Phi) is 2.71. The van der Waals surface area contributed by atoms with Crippen molar-refractivity contribution in [3.05, 3.63) is 45.2 Å². The van der Waals surface area contributed by atoms with Crippen LogP contribution < -0.4 is 10.9 Å². The molecule has 1 atom stereocenters. The number of aryl methyl sites for hydroxylation is 2. The maximum atomic E-state index is 12.2. The van der Waals surface area contributed by atoms with Gasteiger partial charge in [-0.1, -0.05) is 12.1 Å². The van der Waals surface area contributed by atoms with Crippen LogP contribution in [-0.2, 0) is 0 Å². The highest BCUT2D eigenvalue weighted by Crippen LogP contribution is 2.24. The van der Waals surface area contributed by atoms with E-state index in [1.165, 1.54) is 11.1 Å². The molecule has 2 heterocycles.